The van der Waals surface area contributed by atoms with E-state index in [1.54, 1.807) is 12.1 Å². The fraction of sp³-hybridized carbons (Fsp3) is 0.118. The van der Waals surface area contributed by atoms with Gasteiger partial charge in [-0.05, 0) is 35.0 Å². The zero-order valence-corrected chi connectivity index (χ0v) is 11.6. The third kappa shape index (κ3) is 2.89. The molecule has 1 N–H and O–H groups in total. The van der Waals surface area contributed by atoms with Crippen LogP contribution in [0.25, 0.3) is 10.8 Å². The minimum Gasteiger partial charge on any atom is -0.463 e. The molecule has 0 aliphatic rings. The molecular weight excluding hydrogens is 266 g/mol. The van der Waals surface area contributed by atoms with Crippen LogP contribution in [-0.2, 0) is 11.3 Å². The van der Waals surface area contributed by atoms with Crippen LogP contribution >= 0.6 is 0 Å². The number of benzene rings is 2. The summed E-state index contributed by atoms with van der Waals surface area (Å²) in [6.07, 6.45) is 0. The first-order valence-electron chi connectivity index (χ1n) is 6.66. The van der Waals surface area contributed by atoms with Crippen LogP contribution < -0.4 is 5.32 Å². The zero-order valence-electron chi connectivity index (χ0n) is 11.6. The number of hydrogen-bond acceptors (Lipinski definition) is 4. The van der Waals surface area contributed by atoms with Crippen LogP contribution in [-0.4, -0.2) is 13.1 Å². The van der Waals surface area contributed by atoms with Crippen molar-refractivity contribution in [2.75, 3.05) is 12.4 Å². The van der Waals surface area contributed by atoms with Crippen molar-refractivity contribution in [3.05, 3.63) is 66.1 Å². The molecule has 4 heteroatoms. The van der Waals surface area contributed by atoms with E-state index in [0.717, 1.165) is 5.69 Å². The molecule has 1 heterocycles. The summed E-state index contributed by atoms with van der Waals surface area (Å²) in [7, 11) is 1.33. The van der Waals surface area contributed by atoms with Gasteiger partial charge in [0.15, 0.2) is 0 Å². The molecule has 0 amide bonds. The van der Waals surface area contributed by atoms with Gasteiger partial charge in [-0.3, -0.25) is 0 Å². The summed E-state index contributed by atoms with van der Waals surface area (Å²) in [5.41, 5.74) is 1.00. The molecule has 0 bridgehead atoms. The first kappa shape index (κ1) is 13.2. The average molecular weight is 281 g/mol. The minimum atomic E-state index is -0.466. The van der Waals surface area contributed by atoms with Crippen molar-refractivity contribution >= 4 is 22.4 Å². The Labute approximate surface area is 122 Å². The standard InChI is InChI=1S/C17H15NO3/c1-20-17(19)16-9-8-15(21-16)11-18-14-7-6-12-4-2-3-5-13(12)10-14/h2-10,18H,11H2,1H3. The number of fused-ring (bicyclic) bond motifs is 1. The second-order valence-corrected chi connectivity index (χ2v) is 4.67. The van der Waals surface area contributed by atoms with Crippen molar-refractivity contribution in [2.45, 2.75) is 6.54 Å². The molecule has 3 rings (SSSR count). The maximum absolute atomic E-state index is 11.3. The number of anilines is 1. The van der Waals surface area contributed by atoms with Gasteiger partial charge in [-0.15, -0.1) is 0 Å². The molecule has 3 aromatic rings. The van der Waals surface area contributed by atoms with Crippen LogP contribution in [0.3, 0.4) is 0 Å². The number of carbonyl (C=O) groups excluding carboxylic acids is 1. The predicted molar refractivity (Wildman–Crippen MR) is 81.3 cm³/mol. The smallest absolute Gasteiger partial charge is 0.373 e. The molecule has 0 unspecified atom stereocenters. The van der Waals surface area contributed by atoms with Crippen molar-refractivity contribution in [2.24, 2.45) is 0 Å². The first-order chi connectivity index (χ1) is 10.3. The lowest BCUT2D eigenvalue weighted by Gasteiger charge is -2.06. The van der Waals surface area contributed by atoms with Gasteiger partial charge in [0.2, 0.25) is 5.76 Å². The van der Waals surface area contributed by atoms with Crippen LogP contribution in [0, 0.1) is 0 Å². The second kappa shape index (κ2) is 5.71. The molecule has 0 aliphatic carbocycles. The topological polar surface area (TPSA) is 51.5 Å². The van der Waals surface area contributed by atoms with Crippen molar-refractivity contribution < 1.29 is 13.9 Å². The third-order valence-electron chi connectivity index (χ3n) is 3.26. The van der Waals surface area contributed by atoms with Gasteiger partial charge in [-0.2, -0.15) is 0 Å². The minimum absolute atomic E-state index is 0.216. The van der Waals surface area contributed by atoms with Crippen molar-refractivity contribution in [3.8, 4) is 0 Å². The SMILES string of the molecule is COC(=O)c1ccc(CNc2ccc3ccccc3c2)o1. The summed E-state index contributed by atoms with van der Waals surface area (Å²) in [4.78, 5) is 11.3. The molecule has 4 nitrogen and oxygen atoms in total. The third-order valence-corrected chi connectivity index (χ3v) is 3.26. The van der Waals surface area contributed by atoms with Gasteiger partial charge < -0.3 is 14.5 Å². The Morgan fingerprint density at radius 2 is 1.90 bits per heavy atom. The Hall–Kier alpha value is -2.75. The Morgan fingerprint density at radius 1 is 1.10 bits per heavy atom. The van der Waals surface area contributed by atoms with Crippen LogP contribution in [0.5, 0.6) is 0 Å². The van der Waals surface area contributed by atoms with Crippen molar-refractivity contribution in [1.82, 2.24) is 0 Å². The number of nitrogens with one attached hydrogen (secondary N) is 1. The molecule has 0 fully saturated rings. The fourth-order valence-electron chi connectivity index (χ4n) is 2.17. The Balaban J connectivity index is 1.71. The maximum Gasteiger partial charge on any atom is 0.373 e. The normalized spacial score (nSPS) is 10.5. The Morgan fingerprint density at radius 3 is 2.71 bits per heavy atom. The molecular formula is C17H15NO3. The number of rotatable bonds is 4. The first-order valence-corrected chi connectivity index (χ1v) is 6.66. The predicted octanol–water partition coefficient (Wildman–Crippen LogP) is 3.83. The zero-order chi connectivity index (χ0) is 14.7. The van der Waals surface area contributed by atoms with E-state index in [2.05, 4.69) is 34.3 Å². The summed E-state index contributed by atoms with van der Waals surface area (Å²) in [5.74, 6) is 0.434. The van der Waals surface area contributed by atoms with Crippen LogP contribution in [0.15, 0.2) is 59.0 Å². The summed E-state index contributed by atoms with van der Waals surface area (Å²) in [6.45, 7) is 0.509. The highest BCUT2D eigenvalue weighted by atomic mass is 16.5. The lowest BCUT2D eigenvalue weighted by molar-refractivity contribution is 0.0563. The molecule has 21 heavy (non-hydrogen) atoms. The number of furan rings is 1. The van der Waals surface area contributed by atoms with Gasteiger partial charge in [0.25, 0.3) is 0 Å². The van der Waals surface area contributed by atoms with E-state index >= 15 is 0 Å². The van der Waals surface area contributed by atoms with Gasteiger partial charge in [0.05, 0.1) is 13.7 Å². The molecule has 0 saturated heterocycles. The Bertz CT molecular complexity index is 776. The number of ether oxygens (including phenoxy) is 1. The average Bonchev–Trinajstić information content (AvgIpc) is 3.01. The number of esters is 1. The van der Waals surface area contributed by atoms with Gasteiger partial charge in [0, 0.05) is 5.69 Å². The van der Waals surface area contributed by atoms with Gasteiger partial charge >= 0.3 is 5.97 Å². The molecule has 0 saturated carbocycles. The van der Waals surface area contributed by atoms with Gasteiger partial charge in [-0.25, -0.2) is 4.79 Å². The lowest BCUT2D eigenvalue weighted by atomic mass is 10.1. The number of hydrogen-bond donors (Lipinski definition) is 1. The van der Waals surface area contributed by atoms with E-state index in [-0.39, 0.29) is 5.76 Å². The maximum atomic E-state index is 11.3. The van der Waals surface area contributed by atoms with E-state index in [1.165, 1.54) is 17.9 Å². The number of carbonyl (C=O) groups is 1. The number of methoxy groups -OCH3 is 1. The van der Waals surface area contributed by atoms with E-state index < -0.39 is 5.97 Å². The van der Waals surface area contributed by atoms with Crippen LogP contribution in [0.2, 0.25) is 0 Å². The summed E-state index contributed by atoms with van der Waals surface area (Å²) >= 11 is 0. The Kier molecular flexibility index (Phi) is 3.60. The molecule has 1 aromatic heterocycles. The molecule has 106 valence electrons. The van der Waals surface area contributed by atoms with E-state index in [4.69, 9.17) is 4.42 Å². The monoisotopic (exact) mass is 281 g/mol. The molecule has 0 radical (unpaired) electrons. The highest BCUT2D eigenvalue weighted by molar-refractivity contribution is 5.86. The highest BCUT2D eigenvalue weighted by Crippen LogP contribution is 2.19. The molecule has 2 aromatic carbocycles. The second-order valence-electron chi connectivity index (χ2n) is 4.67. The molecule has 0 aliphatic heterocycles. The van der Waals surface area contributed by atoms with Gasteiger partial charge in [-0.1, -0.05) is 30.3 Å². The quantitative estimate of drug-likeness (QED) is 0.738. The molecule has 0 spiro atoms. The van der Waals surface area contributed by atoms with E-state index in [9.17, 15) is 4.79 Å². The highest BCUT2D eigenvalue weighted by Gasteiger charge is 2.10. The van der Waals surface area contributed by atoms with Gasteiger partial charge in [0.1, 0.15) is 5.76 Å². The van der Waals surface area contributed by atoms with E-state index in [1.807, 2.05) is 18.2 Å². The van der Waals surface area contributed by atoms with Crippen molar-refractivity contribution in [1.29, 1.82) is 0 Å². The van der Waals surface area contributed by atoms with Crippen LogP contribution in [0.4, 0.5) is 5.69 Å². The summed E-state index contributed by atoms with van der Waals surface area (Å²) in [5, 5.41) is 5.66. The lowest BCUT2D eigenvalue weighted by Crippen LogP contribution is -2.00. The van der Waals surface area contributed by atoms with Crippen LogP contribution in [0.1, 0.15) is 16.3 Å². The fourth-order valence-corrected chi connectivity index (χ4v) is 2.17. The van der Waals surface area contributed by atoms with Crippen molar-refractivity contribution in [3.63, 3.8) is 0 Å². The van der Waals surface area contributed by atoms with E-state index in [0.29, 0.717) is 12.3 Å². The summed E-state index contributed by atoms with van der Waals surface area (Å²) < 4.78 is 10.0. The largest absolute Gasteiger partial charge is 0.463 e. The summed E-state index contributed by atoms with van der Waals surface area (Å²) in [6, 6.07) is 17.7. The molecule has 0 atom stereocenters.